The molecule has 1 aliphatic rings. The van der Waals surface area contributed by atoms with E-state index in [0.29, 0.717) is 18.3 Å². The van der Waals surface area contributed by atoms with E-state index in [0.717, 1.165) is 12.1 Å². The molecule has 1 amide bonds. The Morgan fingerprint density at radius 1 is 1.50 bits per heavy atom. The highest BCUT2D eigenvalue weighted by Crippen LogP contribution is 2.23. The molecule has 1 unspecified atom stereocenters. The van der Waals surface area contributed by atoms with Crippen molar-refractivity contribution in [1.29, 1.82) is 0 Å². The maximum Gasteiger partial charge on any atom is 0.229 e. The SMILES string of the molecule is Cc1nc(CNC(=O)C2CNCc3ccccc32)no1. The molecule has 2 aromatic rings. The van der Waals surface area contributed by atoms with E-state index < -0.39 is 0 Å². The molecule has 6 heteroatoms. The molecule has 0 fully saturated rings. The van der Waals surface area contributed by atoms with Crippen LogP contribution in [0, 0.1) is 6.92 Å². The van der Waals surface area contributed by atoms with Gasteiger partial charge in [-0.2, -0.15) is 4.98 Å². The van der Waals surface area contributed by atoms with Gasteiger partial charge in [-0.1, -0.05) is 29.4 Å². The first kappa shape index (κ1) is 12.8. The topological polar surface area (TPSA) is 80.0 Å². The summed E-state index contributed by atoms with van der Waals surface area (Å²) < 4.78 is 4.87. The summed E-state index contributed by atoms with van der Waals surface area (Å²) >= 11 is 0. The van der Waals surface area contributed by atoms with Crippen LogP contribution in [-0.2, 0) is 17.9 Å². The fourth-order valence-corrected chi connectivity index (χ4v) is 2.43. The second kappa shape index (κ2) is 5.42. The normalized spacial score (nSPS) is 17.6. The Morgan fingerprint density at radius 2 is 2.35 bits per heavy atom. The van der Waals surface area contributed by atoms with Gasteiger partial charge in [0.2, 0.25) is 11.8 Å². The molecule has 0 bridgehead atoms. The van der Waals surface area contributed by atoms with Crippen molar-refractivity contribution in [2.75, 3.05) is 6.54 Å². The number of aryl methyl sites for hydroxylation is 1. The number of nitrogens with zero attached hydrogens (tertiary/aromatic N) is 2. The summed E-state index contributed by atoms with van der Waals surface area (Å²) in [5, 5.41) is 9.88. The minimum absolute atomic E-state index is 0.0212. The van der Waals surface area contributed by atoms with Gasteiger partial charge in [-0.05, 0) is 11.1 Å². The van der Waals surface area contributed by atoms with Crippen molar-refractivity contribution in [2.45, 2.75) is 25.9 Å². The molecular weight excluding hydrogens is 256 g/mol. The largest absolute Gasteiger partial charge is 0.348 e. The lowest BCUT2D eigenvalue weighted by Crippen LogP contribution is -2.38. The molecule has 0 saturated heterocycles. The lowest BCUT2D eigenvalue weighted by Gasteiger charge is -2.25. The highest BCUT2D eigenvalue weighted by molar-refractivity contribution is 5.84. The quantitative estimate of drug-likeness (QED) is 0.867. The summed E-state index contributed by atoms with van der Waals surface area (Å²) in [6.07, 6.45) is 0. The number of fused-ring (bicyclic) bond motifs is 1. The summed E-state index contributed by atoms with van der Waals surface area (Å²) in [5.74, 6) is 0.798. The Kier molecular flexibility index (Phi) is 3.47. The number of nitrogens with one attached hydrogen (secondary N) is 2. The molecule has 3 rings (SSSR count). The van der Waals surface area contributed by atoms with E-state index in [-0.39, 0.29) is 18.4 Å². The standard InChI is InChI=1S/C14H16N4O2/c1-9-17-13(18-20-9)8-16-14(19)12-7-15-6-10-4-2-3-5-11(10)12/h2-5,12,15H,6-8H2,1H3,(H,16,19). The molecule has 104 valence electrons. The van der Waals surface area contributed by atoms with E-state index >= 15 is 0 Å². The third kappa shape index (κ3) is 2.55. The van der Waals surface area contributed by atoms with E-state index in [2.05, 4.69) is 20.8 Å². The highest BCUT2D eigenvalue weighted by atomic mass is 16.5. The first-order valence-electron chi connectivity index (χ1n) is 6.59. The van der Waals surface area contributed by atoms with Crippen molar-refractivity contribution < 1.29 is 9.32 Å². The van der Waals surface area contributed by atoms with E-state index in [1.165, 1.54) is 5.56 Å². The van der Waals surface area contributed by atoms with Crippen molar-refractivity contribution in [3.05, 3.63) is 47.1 Å². The molecule has 0 spiro atoms. The number of hydrogen-bond donors (Lipinski definition) is 2. The average Bonchev–Trinajstić information content (AvgIpc) is 2.90. The van der Waals surface area contributed by atoms with Crippen LogP contribution in [0.5, 0.6) is 0 Å². The van der Waals surface area contributed by atoms with Crippen LogP contribution >= 0.6 is 0 Å². The zero-order chi connectivity index (χ0) is 13.9. The summed E-state index contributed by atoms with van der Waals surface area (Å²) in [4.78, 5) is 16.4. The molecule has 1 aromatic carbocycles. The summed E-state index contributed by atoms with van der Waals surface area (Å²) in [6.45, 7) is 3.46. The molecule has 0 aliphatic carbocycles. The van der Waals surface area contributed by atoms with Gasteiger partial charge >= 0.3 is 0 Å². The lowest BCUT2D eigenvalue weighted by molar-refractivity contribution is -0.122. The third-order valence-corrected chi connectivity index (χ3v) is 3.40. The van der Waals surface area contributed by atoms with Crippen molar-refractivity contribution >= 4 is 5.91 Å². The molecule has 2 heterocycles. The monoisotopic (exact) mass is 272 g/mol. The average molecular weight is 272 g/mol. The van der Waals surface area contributed by atoms with Crippen LogP contribution < -0.4 is 10.6 Å². The molecule has 2 N–H and O–H groups in total. The predicted octanol–water partition coefficient (Wildman–Crippen LogP) is 0.881. The van der Waals surface area contributed by atoms with Gasteiger partial charge in [-0.25, -0.2) is 0 Å². The van der Waals surface area contributed by atoms with Crippen molar-refractivity contribution in [3.8, 4) is 0 Å². The predicted molar refractivity (Wildman–Crippen MR) is 71.8 cm³/mol. The second-order valence-electron chi connectivity index (χ2n) is 4.83. The summed E-state index contributed by atoms with van der Waals surface area (Å²) in [7, 11) is 0. The number of amides is 1. The number of aromatic nitrogens is 2. The Balaban J connectivity index is 1.69. The maximum atomic E-state index is 12.3. The molecule has 1 atom stereocenters. The first-order chi connectivity index (χ1) is 9.74. The number of carbonyl (C=O) groups is 1. The molecule has 6 nitrogen and oxygen atoms in total. The van der Waals surface area contributed by atoms with Crippen molar-refractivity contribution in [2.24, 2.45) is 0 Å². The van der Waals surface area contributed by atoms with E-state index in [1.54, 1.807) is 6.92 Å². The lowest BCUT2D eigenvalue weighted by atomic mass is 9.90. The number of benzene rings is 1. The Morgan fingerprint density at radius 3 is 3.15 bits per heavy atom. The first-order valence-corrected chi connectivity index (χ1v) is 6.59. The van der Waals surface area contributed by atoms with Crippen LogP contribution in [0.3, 0.4) is 0 Å². The third-order valence-electron chi connectivity index (χ3n) is 3.40. The van der Waals surface area contributed by atoms with Crippen molar-refractivity contribution in [1.82, 2.24) is 20.8 Å². The Hall–Kier alpha value is -2.21. The zero-order valence-electron chi connectivity index (χ0n) is 11.2. The van der Waals surface area contributed by atoms with Crippen LogP contribution in [0.4, 0.5) is 0 Å². The molecule has 20 heavy (non-hydrogen) atoms. The minimum Gasteiger partial charge on any atom is -0.348 e. The van der Waals surface area contributed by atoms with E-state index in [4.69, 9.17) is 4.52 Å². The van der Waals surface area contributed by atoms with Crippen LogP contribution in [0.2, 0.25) is 0 Å². The Bertz CT molecular complexity index is 623. The molecule has 0 saturated carbocycles. The Labute approximate surface area is 116 Å². The van der Waals surface area contributed by atoms with Gasteiger partial charge < -0.3 is 15.2 Å². The molecule has 1 aliphatic heterocycles. The van der Waals surface area contributed by atoms with E-state index in [9.17, 15) is 4.79 Å². The molecule has 0 radical (unpaired) electrons. The molecular formula is C14H16N4O2. The van der Waals surface area contributed by atoms with Gasteiger partial charge in [0.15, 0.2) is 5.82 Å². The van der Waals surface area contributed by atoms with E-state index in [1.807, 2.05) is 24.3 Å². The smallest absolute Gasteiger partial charge is 0.229 e. The van der Waals surface area contributed by atoms with Gasteiger partial charge in [-0.15, -0.1) is 0 Å². The van der Waals surface area contributed by atoms with Gasteiger partial charge in [0.05, 0.1) is 12.5 Å². The zero-order valence-corrected chi connectivity index (χ0v) is 11.2. The summed E-state index contributed by atoms with van der Waals surface area (Å²) in [6, 6.07) is 8.01. The minimum atomic E-state index is -0.173. The molecule has 1 aromatic heterocycles. The van der Waals surface area contributed by atoms with Crippen LogP contribution in [-0.4, -0.2) is 22.6 Å². The van der Waals surface area contributed by atoms with Gasteiger partial charge in [0.1, 0.15) is 0 Å². The van der Waals surface area contributed by atoms with Crippen LogP contribution in [0.15, 0.2) is 28.8 Å². The summed E-state index contributed by atoms with van der Waals surface area (Å²) in [5.41, 5.74) is 2.27. The fraction of sp³-hybridized carbons (Fsp3) is 0.357. The van der Waals surface area contributed by atoms with Crippen LogP contribution in [0.25, 0.3) is 0 Å². The van der Waals surface area contributed by atoms with Gasteiger partial charge in [0.25, 0.3) is 0 Å². The highest BCUT2D eigenvalue weighted by Gasteiger charge is 2.25. The fourth-order valence-electron chi connectivity index (χ4n) is 2.43. The number of hydrogen-bond acceptors (Lipinski definition) is 5. The number of rotatable bonds is 3. The maximum absolute atomic E-state index is 12.3. The van der Waals surface area contributed by atoms with Gasteiger partial charge in [0, 0.05) is 20.0 Å². The van der Waals surface area contributed by atoms with Crippen molar-refractivity contribution in [3.63, 3.8) is 0 Å². The number of carbonyl (C=O) groups excluding carboxylic acids is 1. The van der Waals surface area contributed by atoms with Gasteiger partial charge in [-0.3, -0.25) is 4.79 Å². The second-order valence-corrected chi connectivity index (χ2v) is 4.83. The van der Waals surface area contributed by atoms with Crippen LogP contribution in [0.1, 0.15) is 28.8 Å².